The van der Waals surface area contributed by atoms with Gasteiger partial charge in [-0.1, -0.05) is 24.3 Å². The number of nitrogens with one attached hydrogen (secondary N) is 2. The van der Waals surface area contributed by atoms with Gasteiger partial charge in [-0.3, -0.25) is 0 Å². The fourth-order valence-corrected chi connectivity index (χ4v) is 3.17. The SMILES string of the molecule is CN(C)CCOc1ccccc1CNC(=O)NC1CCN(c2ccccn2)C1. The molecular formula is C21H29N5O2. The molecule has 0 radical (unpaired) electrons. The molecule has 0 spiro atoms. The monoisotopic (exact) mass is 383 g/mol. The fraction of sp³-hybridized carbons (Fsp3) is 0.429. The maximum Gasteiger partial charge on any atom is 0.315 e. The number of carbonyl (C=O) groups is 1. The normalized spacial score (nSPS) is 16.2. The molecule has 7 heteroatoms. The average Bonchev–Trinajstić information content (AvgIpc) is 3.16. The van der Waals surface area contributed by atoms with Crippen LogP contribution in [0, 0.1) is 0 Å². The van der Waals surface area contributed by atoms with Gasteiger partial charge in [-0.25, -0.2) is 9.78 Å². The highest BCUT2D eigenvalue weighted by Gasteiger charge is 2.24. The van der Waals surface area contributed by atoms with Crippen molar-refractivity contribution in [1.82, 2.24) is 20.5 Å². The summed E-state index contributed by atoms with van der Waals surface area (Å²) in [5.74, 6) is 1.77. The van der Waals surface area contributed by atoms with Gasteiger partial charge in [-0.2, -0.15) is 0 Å². The minimum Gasteiger partial charge on any atom is -0.492 e. The molecule has 2 aromatic rings. The standard InChI is InChI=1S/C21H29N5O2/c1-25(2)13-14-28-19-8-4-3-7-17(19)15-23-21(27)24-18-10-12-26(16-18)20-9-5-6-11-22-20/h3-9,11,18H,10,12-16H2,1-2H3,(H2,23,24,27). The number of amides is 2. The Kier molecular flexibility index (Phi) is 7.08. The van der Waals surface area contributed by atoms with Crippen LogP contribution < -0.4 is 20.3 Å². The van der Waals surface area contributed by atoms with E-state index in [1.807, 2.05) is 56.6 Å². The molecule has 0 aliphatic carbocycles. The van der Waals surface area contributed by atoms with Gasteiger partial charge < -0.3 is 25.2 Å². The molecule has 0 saturated carbocycles. The third-order valence-corrected chi connectivity index (χ3v) is 4.70. The Balaban J connectivity index is 1.45. The molecule has 1 aromatic heterocycles. The highest BCUT2D eigenvalue weighted by atomic mass is 16.5. The zero-order valence-corrected chi connectivity index (χ0v) is 16.6. The predicted octanol–water partition coefficient (Wildman–Crippen LogP) is 2.10. The van der Waals surface area contributed by atoms with Gasteiger partial charge in [0.1, 0.15) is 18.2 Å². The molecule has 150 valence electrons. The number of hydrogen-bond donors (Lipinski definition) is 2. The van der Waals surface area contributed by atoms with E-state index in [2.05, 4.69) is 25.4 Å². The van der Waals surface area contributed by atoms with Crippen LogP contribution >= 0.6 is 0 Å². The van der Waals surface area contributed by atoms with Crippen LogP contribution in [-0.4, -0.2) is 62.3 Å². The van der Waals surface area contributed by atoms with Gasteiger partial charge in [0.15, 0.2) is 0 Å². The molecule has 1 aromatic carbocycles. The highest BCUT2D eigenvalue weighted by molar-refractivity contribution is 5.74. The molecule has 2 amide bonds. The quantitative estimate of drug-likeness (QED) is 0.731. The van der Waals surface area contributed by atoms with Gasteiger partial charge in [-0.05, 0) is 38.7 Å². The van der Waals surface area contributed by atoms with Gasteiger partial charge in [0.25, 0.3) is 0 Å². The second kappa shape index (κ2) is 9.94. The van der Waals surface area contributed by atoms with Crippen LogP contribution in [0.25, 0.3) is 0 Å². The van der Waals surface area contributed by atoms with Gasteiger partial charge in [0, 0.05) is 44.0 Å². The number of likely N-dealkylation sites (N-methyl/N-ethyl adjacent to an activating group) is 1. The van der Waals surface area contributed by atoms with Crippen LogP contribution in [-0.2, 0) is 6.54 Å². The molecule has 1 aliphatic rings. The molecule has 1 atom stereocenters. The molecule has 1 saturated heterocycles. The van der Waals surface area contributed by atoms with E-state index < -0.39 is 0 Å². The van der Waals surface area contributed by atoms with E-state index in [0.29, 0.717) is 13.2 Å². The van der Waals surface area contributed by atoms with Gasteiger partial charge in [0.2, 0.25) is 0 Å². The van der Waals surface area contributed by atoms with Crippen molar-refractivity contribution in [1.29, 1.82) is 0 Å². The fourth-order valence-electron chi connectivity index (χ4n) is 3.17. The van der Waals surface area contributed by atoms with E-state index in [-0.39, 0.29) is 12.1 Å². The Morgan fingerprint density at radius 1 is 1.25 bits per heavy atom. The Morgan fingerprint density at radius 2 is 2.07 bits per heavy atom. The zero-order chi connectivity index (χ0) is 19.8. The van der Waals surface area contributed by atoms with Crippen molar-refractivity contribution < 1.29 is 9.53 Å². The summed E-state index contributed by atoms with van der Waals surface area (Å²) < 4.78 is 5.85. The third kappa shape index (κ3) is 5.85. The first-order valence-corrected chi connectivity index (χ1v) is 9.67. The number of nitrogens with zero attached hydrogens (tertiary/aromatic N) is 3. The van der Waals surface area contributed by atoms with Crippen LogP contribution in [0.4, 0.5) is 10.6 Å². The number of urea groups is 1. The second-order valence-electron chi connectivity index (χ2n) is 7.21. The minimum atomic E-state index is -0.157. The van der Waals surface area contributed by atoms with Gasteiger partial charge >= 0.3 is 6.03 Å². The average molecular weight is 383 g/mol. The molecular weight excluding hydrogens is 354 g/mol. The van der Waals surface area contributed by atoms with E-state index in [4.69, 9.17) is 4.74 Å². The number of rotatable bonds is 8. The lowest BCUT2D eigenvalue weighted by atomic mass is 10.2. The Labute approximate surface area is 166 Å². The molecule has 7 nitrogen and oxygen atoms in total. The van der Waals surface area contributed by atoms with Crippen molar-refractivity contribution in [3.63, 3.8) is 0 Å². The topological polar surface area (TPSA) is 69.7 Å². The largest absolute Gasteiger partial charge is 0.492 e. The van der Waals surface area contributed by atoms with Crippen LogP contribution in [0.2, 0.25) is 0 Å². The van der Waals surface area contributed by atoms with Crippen molar-refractivity contribution in [3.8, 4) is 5.75 Å². The van der Waals surface area contributed by atoms with Crippen LogP contribution in [0.1, 0.15) is 12.0 Å². The number of ether oxygens (including phenoxy) is 1. The van der Waals surface area contributed by atoms with Crippen LogP contribution in [0.3, 0.4) is 0 Å². The summed E-state index contributed by atoms with van der Waals surface area (Å²) in [7, 11) is 4.03. The zero-order valence-electron chi connectivity index (χ0n) is 16.6. The van der Waals surface area contributed by atoms with E-state index >= 15 is 0 Å². The molecule has 2 heterocycles. The first kappa shape index (κ1) is 19.9. The summed E-state index contributed by atoms with van der Waals surface area (Å²) in [6, 6.07) is 13.7. The van der Waals surface area contributed by atoms with Crippen molar-refractivity contribution in [2.45, 2.75) is 19.0 Å². The number of benzene rings is 1. The smallest absolute Gasteiger partial charge is 0.315 e. The first-order chi connectivity index (χ1) is 13.6. The Morgan fingerprint density at radius 3 is 2.86 bits per heavy atom. The van der Waals surface area contributed by atoms with E-state index in [1.165, 1.54) is 0 Å². The predicted molar refractivity (Wildman–Crippen MR) is 111 cm³/mol. The number of hydrogen-bond acceptors (Lipinski definition) is 5. The maximum absolute atomic E-state index is 12.3. The lowest BCUT2D eigenvalue weighted by Crippen LogP contribution is -2.43. The van der Waals surface area contributed by atoms with Gasteiger partial charge in [-0.15, -0.1) is 0 Å². The molecule has 28 heavy (non-hydrogen) atoms. The lowest BCUT2D eigenvalue weighted by molar-refractivity contribution is 0.236. The summed E-state index contributed by atoms with van der Waals surface area (Å²) in [6.07, 6.45) is 2.70. The summed E-state index contributed by atoms with van der Waals surface area (Å²) in [5, 5.41) is 6.00. The number of carbonyl (C=O) groups excluding carboxylic acids is 1. The second-order valence-corrected chi connectivity index (χ2v) is 7.21. The lowest BCUT2D eigenvalue weighted by Gasteiger charge is -2.18. The van der Waals surface area contributed by atoms with Crippen molar-refractivity contribution >= 4 is 11.8 Å². The summed E-state index contributed by atoms with van der Waals surface area (Å²) >= 11 is 0. The van der Waals surface area contributed by atoms with E-state index in [1.54, 1.807) is 6.20 Å². The molecule has 1 aliphatic heterocycles. The van der Waals surface area contributed by atoms with Crippen LogP contribution in [0.15, 0.2) is 48.7 Å². The molecule has 3 rings (SSSR count). The summed E-state index contributed by atoms with van der Waals surface area (Å²) in [4.78, 5) is 21.0. The summed E-state index contributed by atoms with van der Waals surface area (Å²) in [6.45, 7) is 3.55. The molecule has 0 bridgehead atoms. The van der Waals surface area contributed by atoms with Crippen molar-refractivity contribution in [3.05, 3.63) is 54.2 Å². The Bertz CT molecular complexity index is 753. The number of anilines is 1. The van der Waals surface area contributed by atoms with E-state index in [0.717, 1.165) is 43.2 Å². The Hall–Kier alpha value is -2.80. The molecule has 1 unspecified atom stereocenters. The molecule has 1 fully saturated rings. The van der Waals surface area contributed by atoms with Gasteiger partial charge in [0.05, 0.1) is 0 Å². The maximum atomic E-state index is 12.3. The number of para-hydroxylation sites is 1. The summed E-state index contributed by atoms with van der Waals surface area (Å²) in [5.41, 5.74) is 0.970. The first-order valence-electron chi connectivity index (χ1n) is 9.67. The number of aromatic nitrogens is 1. The third-order valence-electron chi connectivity index (χ3n) is 4.70. The van der Waals surface area contributed by atoms with E-state index in [9.17, 15) is 4.79 Å². The highest BCUT2D eigenvalue weighted by Crippen LogP contribution is 2.18. The van der Waals surface area contributed by atoms with Crippen molar-refractivity contribution in [2.75, 3.05) is 45.2 Å². The van der Waals surface area contributed by atoms with Crippen molar-refractivity contribution in [2.24, 2.45) is 0 Å². The minimum absolute atomic E-state index is 0.119. The van der Waals surface area contributed by atoms with Crippen LogP contribution in [0.5, 0.6) is 5.75 Å². The number of pyridine rings is 1. The molecule has 2 N–H and O–H groups in total.